The highest BCUT2D eigenvalue weighted by Gasteiger charge is 2.12. The molecule has 6 nitrogen and oxygen atoms in total. The molecule has 0 atom stereocenters. The van der Waals surface area contributed by atoms with Crippen LogP contribution in [0.5, 0.6) is 0 Å². The maximum absolute atomic E-state index is 12.0. The number of benzene rings is 2. The minimum atomic E-state index is -0.537. The molecule has 0 saturated carbocycles. The second-order valence-electron chi connectivity index (χ2n) is 5.42. The zero-order valence-electron chi connectivity index (χ0n) is 14.2. The van der Waals surface area contributed by atoms with Gasteiger partial charge in [0.1, 0.15) is 11.4 Å². The van der Waals surface area contributed by atoms with E-state index >= 15 is 0 Å². The predicted molar refractivity (Wildman–Crippen MR) is 122 cm³/mol. The summed E-state index contributed by atoms with van der Waals surface area (Å²) in [5.41, 5.74) is 1.76. The number of hydrogen-bond acceptors (Lipinski definition) is 6. The Morgan fingerprint density at radius 2 is 1.00 bits per heavy atom. The van der Waals surface area contributed by atoms with Gasteiger partial charge in [0, 0.05) is 7.14 Å². The maximum atomic E-state index is 12.0. The van der Waals surface area contributed by atoms with Crippen LogP contribution in [-0.4, -0.2) is 23.4 Å². The summed E-state index contributed by atoms with van der Waals surface area (Å²) < 4.78 is 1.56. The lowest BCUT2D eigenvalue weighted by Crippen LogP contribution is -2.08. The molecule has 3 rings (SSSR count). The molecule has 0 aliphatic heterocycles. The van der Waals surface area contributed by atoms with Gasteiger partial charge in [-0.3, -0.25) is 0 Å². The average Bonchev–Trinajstić information content (AvgIpc) is 2.71. The van der Waals surface area contributed by atoms with Gasteiger partial charge in [-0.15, -0.1) is 0 Å². The average molecular weight is 598 g/mol. The molecule has 0 radical (unpaired) electrons. The SMILES string of the molecule is O=C(ON=C1C=CC(=NOC(=O)c2ccccc2I)C=C1)c1ccccc1I. The minimum Gasteiger partial charge on any atom is -0.312 e. The van der Waals surface area contributed by atoms with Crippen molar-refractivity contribution in [3.63, 3.8) is 0 Å². The van der Waals surface area contributed by atoms with Crippen LogP contribution >= 0.6 is 45.2 Å². The number of carbonyl (C=O) groups excluding carboxylic acids is 2. The first kappa shape index (κ1) is 20.4. The Morgan fingerprint density at radius 1 is 0.643 bits per heavy atom. The Bertz CT molecular complexity index is 943. The van der Waals surface area contributed by atoms with E-state index in [1.165, 1.54) is 0 Å². The fraction of sp³-hybridized carbons (Fsp3) is 0. The van der Waals surface area contributed by atoms with E-state index in [1.54, 1.807) is 48.6 Å². The Balaban J connectivity index is 1.59. The summed E-state index contributed by atoms with van der Waals surface area (Å²) in [6.45, 7) is 0. The number of hydrogen-bond donors (Lipinski definition) is 0. The summed E-state index contributed by atoms with van der Waals surface area (Å²) in [7, 11) is 0. The lowest BCUT2D eigenvalue weighted by atomic mass is 10.1. The van der Waals surface area contributed by atoms with Gasteiger partial charge in [0.15, 0.2) is 0 Å². The third kappa shape index (κ3) is 5.35. The molecule has 28 heavy (non-hydrogen) atoms. The normalized spacial score (nSPS) is 12.5. The van der Waals surface area contributed by atoms with Gasteiger partial charge in [-0.1, -0.05) is 34.6 Å². The fourth-order valence-corrected chi connectivity index (χ4v) is 3.33. The molecule has 2 aromatic rings. The van der Waals surface area contributed by atoms with E-state index < -0.39 is 11.9 Å². The number of carbonyl (C=O) groups is 2. The Morgan fingerprint density at radius 3 is 1.36 bits per heavy atom. The summed E-state index contributed by atoms with van der Waals surface area (Å²) in [6.07, 6.45) is 6.40. The van der Waals surface area contributed by atoms with Crippen LogP contribution in [0.3, 0.4) is 0 Å². The highest BCUT2D eigenvalue weighted by atomic mass is 127. The van der Waals surface area contributed by atoms with Crippen LogP contribution in [0.1, 0.15) is 20.7 Å². The predicted octanol–water partition coefficient (Wildman–Crippen LogP) is 4.75. The second kappa shape index (κ2) is 9.73. The van der Waals surface area contributed by atoms with Crippen LogP contribution in [0.15, 0.2) is 83.1 Å². The zero-order chi connectivity index (χ0) is 19.9. The first-order valence-corrected chi connectivity index (χ1v) is 10.1. The van der Waals surface area contributed by atoms with Crippen LogP contribution in [-0.2, 0) is 9.68 Å². The van der Waals surface area contributed by atoms with Crippen molar-refractivity contribution in [1.82, 2.24) is 0 Å². The van der Waals surface area contributed by atoms with Crippen LogP contribution in [0.4, 0.5) is 0 Å². The van der Waals surface area contributed by atoms with E-state index in [9.17, 15) is 9.59 Å². The van der Waals surface area contributed by atoms with Gasteiger partial charge < -0.3 is 9.68 Å². The molecule has 0 N–H and O–H groups in total. The molecule has 0 saturated heterocycles. The minimum absolute atomic E-state index is 0.433. The number of rotatable bonds is 4. The molecular weight excluding hydrogens is 586 g/mol. The van der Waals surface area contributed by atoms with Gasteiger partial charge in [0.25, 0.3) is 0 Å². The van der Waals surface area contributed by atoms with Crippen LogP contribution in [0.25, 0.3) is 0 Å². The molecule has 0 amide bonds. The van der Waals surface area contributed by atoms with Crippen LogP contribution in [0.2, 0.25) is 0 Å². The molecule has 1 aliphatic carbocycles. The lowest BCUT2D eigenvalue weighted by molar-refractivity contribution is 0.0506. The number of oxime groups is 2. The number of nitrogens with zero attached hydrogens (tertiary/aromatic N) is 2. The summed E-state index contributed by atoms with van der Waals surface area (Å²) in [6, 6.07) is 14.1. The summed E-state index contributed by atoms with van der Waals surface area (Å²) in [4.78, 5) is 34.0. The molecule has 0 unspecified atom stereocenters. The van der Waals surface area contributed by atoms with Crippen molar-refractivity contribution in [3.8, 4) is 0 Å². The molecule has 0 aromatic heterocycles. The van der Waals surface area contributed by atoms with Crippen molar-refractivity contribution >= 4 is 68.5 Å². The Kier molecular flexibility index (Phi) is 7.09. The van der Waals surface area contributed by atoms with Crippen LogP contribution < -0.4 is 0 Å². The van der Waals surface area contributed by atoms with Gasteiger partial charge in [0.2, 0.25) is 0 Å². The summed E-state index contributed by atoms with van der Waals surface area (Å²) >= 11 is 4.12. The second-order valence-corrected chi connectivity index (χ2v) is 7.74. The van der Waals surface area contributed by atoms with Crippen LogP contribution in [0, 0.1) is 7.14 Å². The molecule has 0 spiro atoms. The van der Waals surface area contributed by atoms with Gasteiger partial charge in [0.05, 0.1) is 11.1 Å². The zero-order valence-corrected chi connectivity index (χ0v) is 18.5. The smallest absolute Gasteiger partial charge is 0.312 e. The van der Waals surface area contributed by atoms with E-state index in [4.69, 9.17) is 9.68 Å². The number of halogens is 2. The van der Waals surface area contributed by atoms with Crippen molar-refractivity contribution in [2.24, 2.45) is 10.3 Å². The molecule has 0 heterocycles. The van der Waals surface area contributed by atoms with Crippen molar-refractivity contribution in [1.29, 1.82) is 0 Å². The maximum Gasteiger partial charge on any atom is 0.366 e. The van der Waals surface area contributed by atoms with E-state index in [0.29, 0.717) is 22.6 Å². The summed E-state index contributed by atoms with van der Waals surface area (Å²) in [5.74, 6) is -1.07. The molecule has 0 fully saturated rings. The highest BCUT2D eigenvalue weighted by Crippen LogP contribution is 2.14. The Hall–Kier alpha value is -2.34. The molecule has 1 aliphatic rings. The van der Waals surface area contributed by atoms with Crippen molar-refractivity contribution < 1.29 is 19.3 Å². The largest absolute Gasteiger partial charge is 0.366 e. The standard InChI is InChI=1S/C20H12I2N2O4/c21-17-7-3-1-5-15(17)19(25)27-23-13-9-11-14(12-10-13)24-28-20(26)16-6-2-4-8-18(16)22/h1-12H. The molecular formula is C20H12I2N2O4. The summed E-state index contributed by atoms with van der Waals surface area (Å²) in [5, 5.41) is 7.63. The van der Waals surface area contributed by atoms with Crippen molar-refractivity contribution in [3.05, 3.63) is 91.1 Å². The third-order valence-corrected chi connectivity index (χ3v) is 5.39. The van der Waals surface area contributed by atoms with Gasteiger partial charge >= 0.3 is 11.9 Å². The van der Waals surface area contributed by atoms with E-state index in [1.807, 2.05) is 24.3 Å². The first-order chi connectivity index (χ1) is 13.5. The monoisotopic (exact) mass is 598 g/mol. The van der Waals surface area contributed by atoms with E-state index in [0.717, 1.165) is 7.14 Å². The lowest BCUT2D eigenvalue weighted by Gasteiger charge is -2.04. The van der Waals surface area contributed by atoms with Crippen molar-refractivity contribution in [2.75, 3.05) is 0 Å². The van der Waals surface area contributed by atoms with Crippen molar-refractivity contribution in [2.45, 2.75) is 0 Å². The molecule has 140 valence electrons. The fourth-order valence-electron chi connectivity index (χ4n) is 2.11. The molecule has 2 aromatic carbocycles. The topological polar surface area (TPSA) is 77.3 Å². The van der Waals surface area contributed by atoms with Gasteiger partial charge in [-0.2, -0.15) is 0 Å². The number of allylic oxidation sites excluding steroid dienone is 4. The molecule has 0 bridgehead atoms. The first-order valence-electron chi connectivity index (χ1n) is 7.98. The third-order valence-electron chi connectivity index (χ3n) is 3.51. The molecule has 8 heteroatoms. The quantitative estimate of drug-likeness (QED) is 0.221. The highest BCUT2D eigenvalue weighted by molar-refractivity contribution is 14.1. The van der Waals surface area contributed by atoms with E-state index in [-0.39, 0.29) is 0 Å². The van der Waals surface area contributed by atoms with Gasteiger partial charge in [-0.05, 0) is 93.8 Å². The van der Waals surface area contributed by atoms with Gasteiger partial charge in [-0.25, -0.2) is 9.59 Å². The Labute approximate surface area is 188 Å². The van der Waals surface area contributed by atoms with E-state index in [2.05, 4.69) is 55.5 Å².